The van der Waals surface area contributed by atoms with Gasteiger partial charge >= 0.3 is 5.97 Å². The van der Waals surface area contributed by atoms with Gasteiger partial charge in [0.25, 0.3) is 0 Å². The van der Waals surface area contributed by atoms with Crippen LogP contribution in [-0.2, 0) is 19.4 Å². The van der Waals surface area contributed by atoms with E-state index in [4.69, 9.17) is 23.2 Å². The summed E-state index contributed by atoms with van der Waals surface area (Å²) in [4.78, 5) is 27.8. The maximum Gasteiger partial charge on any atom is 0.304 e. The van der Waals surface area contributed by atoms with E-state index in [1.807, 2.05) is 26.0 Å². The Morgan fingerprint density at radius 1 is 1.26 bits per heavy atom. The summed E-state index contributed by atoms with van der Waals surface area (Å²) in [5.41, 5.74) is 0.112. The maximum atomic E-state index is 14.3. The van der Waals surface area contributed by atoms with E-state index < -0.39 is 44.5 Å². The van der Waals surface area contributed by atoms with Crippen molar-refractivity contribution < 1.29 is 23.1 Å². The third kappa shape index (κ3) is 7.51. The number of likely N-dealkylation sites (tertiary alicyclic amines) is 1. The number of hydrogen-bond donors (Lipinski definition) is 1. The molecule has 6 nitrogen and oxygen atoms in total. The minimum Gasteiger partial charge on any atom is -0.481 e. The van der Waals surface area contributed by atoms with Crippen LogP contribution in [0.3, 0.4) is 0 Å². The average Bonchev–Trinajstić information content (AvgIpc) is 2.81. The molecule has 4 atom stereocenters. The smallest absolute Gasteiger partial charge is 0.304 e. The molecular formula is C29H39Cl2NO5S. The second-order valence-corrected chi connectivity index (χ2v) is 14.4. The minimum absolute atomic E-state index is 0.228. The van der Waals surface area contributed by atoms with Crippen molar-refractivity contribution in [2.45, 2.75) is 77.6 Å². The third-order valence-corrected chi connectivity index (χ3v) is 10.1. The summed E-state index contributed by atoms with van der Waals surface area (Å²) >= 11 is 12.6. The van der Waals surface area contributed by atoms with Gasteiger partial charge in [-0.3, -0.25) is 9.59 Å². The normalized spacial score (nSPS) is 23.9. The summed E-state index contributed by atoms with van der Waals surface area (Å²) in [5, 5.41) is 10.1. The summed E-state index contributed by atoms with van der Waals surface area (Å²) in [6.45, 7) is 14.7. The number of halogens is 2. The molecule has 0 saturated carbocycles. The SMILES string of the molecule is C=C(/C=C\C(Cl)=C/C)[C@@H]1C(c2cccc(Cl)c2)C[C@](C)(CC(=O)O)C(=O)N1[C@H](CS(=O)(=O)C(C)C)C(C)C. The Bertz CT molecular complexity index is 1220. The topological polar surface area (TPSA) is 91.8 Å². The van der Waals surface area contributed by atoms with E-state index >= 15 is 0 Å². The van der Waals surface area contributed by atoms with Gasteiger partial charge in [0.05, 0.1) is 28.9 Å². The third-order valence-electron chi connectivity index (χ3n) is 7.28. The molecule has 2 rings (SSSR count). The van der Waals surface area contributed by atoms with E-state index in [-0.39, 0.29) is 30.4 Å². The first-order valence-corrected chi connectivity index (χ1v) is 15.2. The second kappa shape index (κ2) is 12.8. The van der Waals surface area contributed by atoms with Crippen molar-refractivity contribution in [1.29, 1.82) is 0 Å². The molecule has 1 aliphatic heterocycles. The Morgan fingerprint density at radius 2 is 1.89 bits per heavy atom. The Kier molecular flexibility index (Phi) is 10.9. The minimum atomic E-state index is -3.55. The fourth-order valence-electron chi connectivity index (χ4n) is 5.03. The fraction of sp³-hybridized carbons (Fsp3) is 0.517. The van der Waals surface area contributed by atoms with Crippen molar-refractivity contribution in [2.24, 2.45) is 11.3 Å². The highest BCUT2D eigenvalue weighted by molar-refractivity contribution is 7.92. The van der Waals surface area contributed by atoms with Gasteiger partial charge in [-0.25, -0.2) is 8.42 Å². The van der Waals surface area contributed by atoms with E-state index in [2.05, 4.69) is 6.58 Å². The molecule has 1 aromatic rings. The van der Waals surface area contributed by atoms with Crippen LogP contribution >= 0.6 is 23.2 Å². The van der Waals surface area contributed by atoms with Crippen LogP contribution in [0.15, 0.2) is 59.7 Å². The molecule has 1 N–H and O–H groups in total. The number of sulfone groups is 1. The average molecular weight is 585 g/mol. The molecule has 0 aromatic heterocycles. The molecule has 9 heteroatoms. The van der Waals surface area contributed by atoms with E-state index in [1.54, 1.807) is 63.0 Å². The molecule has 1 aliphatic rings. The zero-order valence-electron chi connectivity index (χ0n) is 22.9. The lowest BCUT2D eigenvalue weighted by Gasteiger charge is -2.53. The Morgan fingerprint density at radius 3 is 2.39 bits per heavy atom. The number of nitrogens with zero attached hydrogens (tertiary/aromatic N) is 1. The molecule has 1 aromatic carbocycles. The molecule has 1 fully saturated rings. The Balaban J connectivity index is 2.85. The summed E-state index contributed by atoms with van der Waals surface area (Å²) in [6, 6.07) is 5.90. The number of rotatable bonds is 11. The number of benzene rings is 1. The van der Waals surface area contributed by atoms with Crippen molar-refractivity contribution in [3.63, 3.8) is 0 Å². The summed E-state index contributed by atoms with van der Waals surface area (Å²) in [7, 11) is -3.55. The monoisotopic (exact) mass is 583 g/mol. The quantitative estimate of drug-likeness (QED) is 0.296. The molecule has 0 radical (unpaired) electrons. The van der Waals surface area contributed by atoms with Gasteiger partial charge in [0.1, 0.15) is 0 Å². The van der Waals surface area contributed by atoms with E-state index in [0.717, 1.165) is 5.56 Å². The van der Waals surface area contributed by atoms with Crippen molar-refractivity contribution >= 4 is 44.9 Å². The van der Waals surface area contributed by atoms with Gasteiger partial charge in [-0.15, -0.1) is 0 Å². The molecule has 1 amide bonds. The van der Waals surface area contributed by atoms with Gasteiger partial charge < -0.3 is 10.0 Å². The van der Waals surface area contributed by atoms with Gasteiger partial charge in [0, 0.05) is 22.0 Å². The first-order chi connectivity index (χ1) is 17.5. The van der Waals surface area contributed by atoms with Crippen molar-refractivity contribution in [1.82, 2.24) is 4.90 Å². The Labute approximate surface area is 237 Å². The maximum absolute atomic E-state index is 14.3. The van der Waals surface area contributed by atoms with Crippen LogP contribution in [0.4, 0.5) is 0 Å². The van der Waals surface area contributed by atoms with E-state index in [0.29, 0.717) is 15.6 Å². The number of carbonyl (C=O) groups is 2. The van der Waals surface area contributed by atoms with Crippen LogP contribution in [0, 0.1) is 11.3 Å². The second-order valence-electron chi connectivity index (χ2n) is 10.9. The highest BCUT2D eigenvalue weighted by atomic mass is 35.5. The number of carboxylic acids is 1. The predicted octanol–water partition coefficient (Wildman–Crippen LogP) is 6.61. The number of carboxylic acid groups (broad SMARTS) is 1. The molecule has 210 valence electrons. The van der Waals surface area contributed by atoms with Gasteiger partial charge in [-0.1, -0.05) is 74.8 Å². The summed E-state index contributed by atoms with van der Waals surface area (Å²) < 4.78 is 26.3. The van der Waals surface area contributed by atoms with Crippen molar-refractivity contribution in [3.05, 3.63) is 70.3 Å². The van der Waals surface area contributed by atoms with E-state index in [1.165, 1.54) is 0 Å². The summed E-state index contributed by atoms with van der Waals surface area (Å²) in [6.07, 6.45) is 4.98. The van der Waals surface area contributed by atoms with Crippen molar-refractivity contribution in [3.8, 4) is 0 Å². The van der Waals surface area contributed by atoms with Crippen molar-refractivity contribution in [2.75, 3.05) is 5.75 Å². The highest BCUT2D eigenvalue weighted by Crippen LogP contribution is 2.48. The molecular weight excluding hydrogens is 545 g/mol. The molecule has 0 bridgehead atoms. The van der Waals surface area contributed by atoms with E-state index in [9.17, 15) is 23.1 Å². The number of aliphatic carboxylic acids is 1. The zero-order valence-corrected chi connectivity index (χ0v) is 25.3. The first kappa shape index (κ1) is 32.1. The molecule has 1 unspecified atom stereocenters. The van der Waals surface area contributed by atoms with Crippen LogP contribution in [0.1, 0.15) is 65.9 Å². The first-order valence-electron chi connectivity index (χ1n) is 12.7. The molecule has 1 heterocycles. The summed E-state index contributed by atoms with van der Waals surface area (Å²) in [5.74, 6) is -2.37. The standard InChI is InChI=1S/C29H39Cl2NO5S/c1-8-22(30)13-12-20(6)27-24(21-10-9-11-23(31)14-21)15-29(7,16-26(33)34)28(35)32(27)25(18(2)3)17-38(36,37)19(4)5/h8-14,18-19,24-25,27H,6,15-17H2,1-5,7H3,(H,33,34)/b13-12-,22-8+/t24?,25-,27-,29-/m1/s1. The van der Waals surface area contributed by atoms with Crippen LogP contribution in [0.25, 0.3) is 0 Å². The lowest BCUT2D eigenvalue weighted by molar-refractivity contribution is -0.159. The van der Waals surface area contributed by atoms with Gasteiger partial charge in [0.2, 0.25) is 5.91 Å². The van der Waals surface area contributed by atoms with Crippen LogP contribution < -0.4 is 0 Å². The number of hydrogen-bond acceptors (Lipinski definition) is 4. The molecule has 1 saturated heterocycles. The number of allylic oxidation sites excluding steroid dienone is 3. The van der Waals surface area contributed by atoms with Crippen LogP contribution in [0.5, 0.6) is 0 Å². The number of carbonyl (C=O) groups excluding carboxylic acids is 1. The fourth-order valence-corrected chi connectivity index (χ4v) is 6.70. The van der Waals surface area contributed by atoms with Crippen LogP contribution in [-0.4, -0.2) is 53.4 Å². The molecule has 0 spiro atoms. The number of piperidine rings is 1. The largest absolute Gasteiger partial charge is 0.481 e. The lowest BCUT2D eigenvalue weighted by atomic mass is 9.66. The lowest BCUT2D eigenvalue weighted by Crippen LogP contribution is -2.62. The predicted molar refractivity (Wildman–Crippen MR) is 155 cm³/mol. The van der Waals surface area contributed by atoms with Gasteiger partial charge in [-0.2, -0.15) is 0 Å². The highest BCUT2D eigenvalue weighted by Gasteiger charge is 2.53. The Hall–Kier alpha value is -2.09. The zero-order chi connectivity index (χ0) is 29.0. The van der Waals surface area contributed by atoms with Gasteiger partial charge in [-0.05, 0) is 62.5 Å². The van der Waals surface area contributed by atoms with Gasteiger partial charge in [0.15, 0.2) is 9.84 Å². The molecule has 38 heavy (non-hydrogen) atoms. The van der Waals surface area contributed by atoms with Crippen LogP contribution in [0.2, 0.25) is 5.02 Å². The number of amides is 1. The molecule has 0 aliphatic carbocycles.